The zero-order valence-corrected chi connectivity index (χ0v) is 10.4. The third-order valence-corrected chi connectivity index (χ3v) is 3.56. The summed E-state index contributed by atoms with van der Waals surface area (Å²) in [6.45, 7) is 0. The topological polar surface area (TPSA) is 32.9 Å². The molecule has 1 aromatic heterocycles. The Labute approximate surface area is 108 Å². The number of H-pyrrole nitrogens is 1. The van der Waals surface area contributed by atoms with Crippen molar-refractivity contribution in [2.45, 2.75) is 0 Å². The first-order valence-electron chi connectivity index (χ1n) is 5.67. The van der Waals surface area contributed by atoms with Gasteiger partial charge in [0, 0.05) is 0 Å². The predicted molar refractivity (Wildman–Crippen MR) is 77.8 cm³/mol. The fourth-order valence-electron chi connectivity index (χ4n) is 1.82. The van der Waals surface area contributed by atoms with Gasteiger partial charge in [-0.2, -0.15) is 0 Å². The average molecular weight is 253 g/mol. The number of benzene rings is 2. The average Bonchev–Trinajstić information content (AvgIpc) is 2.77. The van der Waals surface area contributed by atoms with Crippen LogP contribution >= 0.6 is 11.3 Å². The molecule has 2 nitrogen and oxygen atoms in total. The van der Waals surface area contributed by atoms with Crippen molar-refractivity contribution in [3.63, 3.8) is 0 Å². The van der Waals surface area contributed by atoms with Crippen LogP contribution in [0.4, 0.5) is 0 Å². The molecule has 0 aliphatic carbocycles. The molecule has 0 aliphatic rings. The Kier molecular flexibility index (Phi) is 2.82. The minimum absolute atomic E-state index is 0.00538. The van der Waals surface area contributed by atoms with E-state index in [9.17, 15) is 4.79 Å². The van der Waals surface area contributed by atoms with Crippen LogP contribution in [0.25, 0.3) is 22.4 Å². The minimum Gasteiger partial charge on any atom is -0.312 e. The second-order valence-electron chi connectivity index (χ2n) is 4.01. The first-order chi connectivity index (χ1) is 8.81. The highest BCUT2D eigenvalue weighted by atomic mass is 32.1. The van der Waals surface area contributed by atoms with Gasteiger partial charge in [-0.05, 0) is 23.3 Å². The molecule has 3 aromatic rings. The Hall–Kier alpha value is -2.13. The molecule has 0 radical (unpaired) electrons. The molecule has 3 heteroatoms. The quantitative estimate of drug-likeness (QED) is 0.693. The largest absolute Gasteiger partial charge is 0.312 e. The highest BCUT2D eigenvalue weighted by molar-refractivity contribution is 7.16. The molecular weight excluding hydrogens is 242 g/mol. The van der Waals surface area contributed by atoms with Crippen LogP contribution in [-0.4, -0.2) is 4.98 Å². The van der Waals surface area contributed by atoms with Crippen LogP contribution in [0.15, 0.2) is 53.3 Å². The van der Waals surface area contributed by atoms with Gasteiger partial charge < -0.3 is 4.98 Å². The van der Waals surface area contributed by atoms with Gasteiger partial charge in [0.2, 0.25) is 0 Å². The van der Waals surface area contributed by atoms with E-state index in [0.29, 0.717) is 0 Å². The van der Waals surface area contributed by atoms with Crippen LogP contribution in [-0.2, 0) is 0 Å². The molecule has 88 valence electrons. The standard InChI is InChI=1S/C15H11NOS/c17-15-16-13-9-8-12(10-14(13)18-15)7-6-11-4-2-1-3-5-11/h1-10H,(H,16,17). The zero-order chi connectivity index (χ0) is 12.4. The number of hydrogen-bond donors (Lipinski definition) is 1. The Bertz CT molecular complexity index is 753. The van der Waals surface area contributed by atoms with E-state index in [2.05, 4.69) is 29.3 Å². The summed E-state index contributed by atoms with van der Waals surface area (Å²) in [5.74, 6) is 0. The number of nitrogens with one attached hydrogen (secondary N) is 1. The lowest BCUT2D eigenvalue weighted by molar-refractivity contribution is 1.41. The summed E-state index contributed by atoms with van der Waals surface area (Å²) < 4.78 is 0.996. The summed E-state index contributed by atoms with van der Waals surface area (Å²) in [4.78, 5) is 14.0. The van der Waals surface area contributed by atoms with Crippen LogP contribution < -0.4 is 4.87 Å². The Morgan fingerprint density at radius 3 is 2.56 bits per heavy atom. The van der Waals surface area contributed by atoms with Gasteiger partial charge in [-0.1, -0.05) is 59.9 Å². The molecule has 0 spiro atoms. The van der Waals surface area contributed by atoms with Crippen LogP contribution in [0.5, 0.6) is 0 Å². The molecule has 0 bridgehead atoms. The van der Waals surface area contributed by atoms with E-state index in [1.165, 1.54) is 16.9 Å². The van der Waals surface area contributed by atoms with Gasteiger partial charge in [-0.3, -0.25) is 4.79 Å². The second-order valence-corrected chi connectivity index (χ2v) is 5.03. The maximum Gasteiger partial charge on any atom is 0.305 e. The molecule has 18 heavy (non-hydrogen) atoms. The van der Waals surface area contributed by atoms with Gasteiger partial charge in [-0.15, -0.1) is 0 Å². The summed E-state index contributed by atoms with van der Waals surface area (Å²) in [7, 11) is 0. The van der Waals surface area contributed by atoms with E-state index >= 15 is 0 Å². The molecule has 0 saturated carbocycles. The summed E-state index contributed by atoms with van der Waals surface area (Å²) in [5.41, 5.74) is 3.17. The molecule has 1 heterocycles. The predicted octanol–water partition coefficient (Wildman–Crippen LogP) is 3.76. The summed E-state index contributed by atoms with van der Waals surface area (Å²) in [5, 5.41) is 0. The number of hydrogen-bond acceptors (Lipinski definition) is 2. The van der Waals surface area contributed by atoms with E-state index in [4.69, 9.17) is 0 Å². The van der Waals surface area contributed by atoms with Crippen molar-refractivity contribution < 1.29 is 0 Å². The van der Waals surface area contributed by atoms with Gasteiger partial charge in [0.05, 0.1) is 10.2 Å². The van der Waals surface area contributed by atoms with Crippen LogP contribution in [0, 0.1) is 0 Å². The van der Waals surface area contributed by atoms with Crippen molar-refractivity contribution in [3.05, 3.63) is 69.3 Å². The molecule has 0 atom stereocenters. The Balaban J connectivity index is 1.95. The maximum absolute atomic E-state index is 11.2. The molecule has 0 amide bonds. The number of thiazole rings is 1. The lowest BCUT2D eigenvalue weighted by atomic mass is 10.1. The van der Waals surface area contributed by atoms with Crippen LogP contribution in [0.1, 0.15) is 11.1 Å². The molecule has 0 aliphatic heterocycles. The van der Waals surface area contributed by atoms with Gasteiger partial charge in [-0.25, -0.2) is 0 Å². The van der Waals surface area contributed by atoms with E-state index in [1.807, 2.05) is 36.4 Å². The number of aromatic amines is 1. The zero-order valence-electron chi connectivity index (χ0n) is 9.59. The fraction of sp³-hybridized carbons (Fsp3) is 0. The van der Waals surface area contributed by atoms with E-state index in [1.54, 1.807) is 0 Å². The smallest absolute Gasteiger partial charge is 0.305 e. The number of rotatable bonds is 2. The summed E-state index contributed by atoms with van der Waals surface area (Å²) in [6, 6.07) is 16.1. The highest BCUT2D eigenvalue weighted by Crippen LogP contribution is 2.17. The Morgan fingerprint density at radius 1 is 0.944 bits per heavy atom. The lowest BCUT2D eigenvalue weighted by Gasteiger charge is -1.94. The van der Waals surface area contributed by atoms with E-state index in [0.717, 1.165) is 15.8 Å². The monoisotopic (exact) mass is 253 g/mol. The summed E-state index contributed by atoms with van der Waals surface area (Å²) in [6.07, 6.45) is 4.12. The van der Waals surface area contributed by atoms with E-state index in [-0.39, 0.29) is 4.87 Å². The number of aromatic nitrogens is 1. The molecular formula is C15H11NOS. The van der Waals surface area contributed by atoms with Crippen molar-refractivity contribution in [2.75, 3.05) is 0 Å². The lowest BCUT2D eigenvalue weighted by Crippen LogP contribution is -1.89. The highest BCUT2D eigenvalue weighted by Gasteiger charge is 1.98. The van der Waals surface area contributed by atoms with Crippen molar-refractivity contribution in [2.24, 2.45) is 0 Å². The Morgan fingerprint density at radius 2 is 1.72 bits per heavy atom. The molecule has 0 fully saturated rings. The van der Waals surface area contributed by atoms with Gasteiger partial charge in [0.15, 0.2) is 0 Å². The van der Waals surface area contributed by atoms with Crippen molar-refractivity contribution >= 4 is 33.7 Å². The molecule has 0 unspecified atom stereocenters. The molecule has 1 N–H and O–H groups in total. The molecule has 0 saturated heterocycles. The third-order valence-electron chi connectivity index (χ3n) is 2.71. The van der Waals surface area contributed by atoms with E-state index < -0.39 is 0 Å². The second kappa shape index (κ2) is 4.63. The first kappa shape index (κ1) is 11.0. The van der Waals surface area contributed by atoms with Crippen molar-refractivity contribution in [1.82, 2.24) is 4.98 Å². The van der Waals surface area contributed by atoms with Crippen molar-refractivity contribution in [3.8, 4) is 0 Å². The SMILES string of the molecule is O=c1[nH]c2ccc(C=Cc3ccccc3)cc2s1. The minimum atomic E-state index is -0.00538. The normalized spacial score (nSPS) is 11.3. The molecule has 2 aromatic carbocycles. The molecule has 3 rings (SSSR count). The third kappa shape index (κ3) is 2.26. The fourth-order valence-corrected chi connectivity index (χ4v) is 2.61. The first-order valence-corrected chi connectivity index (χ1v) is 6.49. The number of fused-ring (bicyclic) bond motifs is 1. The van der Waals surface area contributed by atoms with Gasteiger partial charge >= 0.3 is 4.87 Å². The van der Waals surface area contributed by atoms with Crippen LogP contribution in [0.2, 0.25) is 0 Å². The van der Waals surface area contributed by atoms with Crippen LogP contribution in [0.3, 0.4) is 0 Å². The van der Waals surface area contributed by atoms with Crippen molar-refractivity contribution in [1.29, 1.82) is 0 Å². The van der Waals surface area contributed by atoms with Gasteiger partial charge in [0.25, 0.3) is 0 Å². The maximum atomic E-state index is 11.2. The summed E-state index contributed by atoms with van der Waals surface area (Å²) >= 11 is 1.24. The van der Waals surface area contributed by atoms with Gasteiger partial charge in [0.1, 0.15) is 0 Å².